The van der Waals surface area contributed by atoms with Crippen molar-refractivity contribution in [3.05, 3.63) is 42.0 Å². The summed E-state index contributed by atoms with van der Waals surface area (Å²) >= 11 is 0. The van der Waals surface area contributed by atoms with Gasteiger partial charge in [-0.3, -0.25) is 0 Å². The lowest BCUT2D eigenvalue weighted by Gasteiger charge is -2.13. The molecule has 0 amide bonds. The number of nitrogens with zero attached hydrogens (tertiary/aromatic N) is 1. The topological polar surface area (TPSA) is 35.8 Å². The van der Waals surface area contributed by atoms with Gasteiger partial charge in [-0.2, -0.15) is 5.26 Å². The zero-order valence-corrected chi connectivity index (χ0v) is 7.90. The standard InChI is InChI=1S/C12H12N2/c13-9-10-4-3-7-12(8-10)14-11-5-1-2-6-11/h1-4,7-8,11,14H,5-6H2. The van der Waals surface area contributed by atoms with Gasteiger partial charge in [-0.05, 0) is 31.0 Å². The zero-order chi connectivity index (χ0) is 9.80. The average molecular weight is 184 g/mol. The Morgan fingerprint density at radius 2 is 2.07 bits per heavy atom. The number of hydrogen-bond donors (Lipinski definition) is 1. The quantitative estimate of drug-likeness (QED) is 0.717. The minimum Gasteiger partial charge on any atom is -0.382 e. The fourth-order valence-electron chi connectivity index (χ4n) is 1.65. The molecule has 0 radical (unpaired) electrons. The van der Waals surface area contributed by atoms with E-state index >= 15 is 0 Å². The summed E-state index contributed by atoms with van der Waals surface area (Å²) in [6.45, 7) is 0. The Morgan fingerprint density at radius 3 is 2.79 bits per heavy atom. The van der Waals surface area contributed by atoms with Crippen molar-refractivity contribution in [2.45, 2.75) is 18.9 Å². The summed E-state index contributed by atoms with van der Waals surface area (Å²) in [4.78, 5) is 0. The van der Waals surface area contributed by atoms with E-state index in [0.29, 0.717) is 11.6 Å². The van der Waals surface area contributed by atoms with Gasteiger partial charge in [0.2, 0.25) is 0 Å². The third kappa shape index (κ3) is 1.94. The molecule has 1 aromatic rings. The van der Waals surface area contributed by atoms with E-state index in [1.165, 1.54) is 0 Å². The molecule has 2 nitrogen and oxygen atoms in total. The molecular formula is C12H12N2. The molecule has 70 valence electrons. The fourth-order valence-corrected chi connectivity index (χ4v) is 1.65. The second-order valence-corrected chi connectivity index (χ2v) is 3.48. The Morgan fingerprint density at radius 1 is 1.29 bits per heavy atom. The van der Waals surface area contributed by atoms with Crippen molar-refractivity contribution < 1.29 is 0 Å². The van der Waals surface area contributed by atoms with E-state index < -0.39 is 0 Å². The molecule has 0 unspecified atom stereocenters. The van der Waals surface area contributed by atoms with E-state index in [9.17, 15) is 0 Å². The van der Waals surface area contributed by atoms with Gasteiger partial charge in [0.1, 0.15) is 0 Å². The maximum Gasteiger partial charge on any atom is 0.0992 e. The Balaban J connectivity index is 2.06. The van der Waals surface area contributed by atoms with Crippen LogP contribution >= 0.6 is 0 Å². The largest absolute Gasteiger partial charge is 0.382 e. The van der Waals surface area contributed by atoms with E-state index in [2.05, 4.69) is 23.5 Å². The fraction of sp³-hybridized carbons (Fsp3) is 0.250. The first-order valence-electron chi connectivity index (χ1n) is 4.80. The van der Waals surface area contributed by atoms with Crippen LogP contribution < -0.4 is 5.32 Å². The molecule has 1 aliphatic rings. The number of benzene rings is 1. The molecule has 0 saturated carbocycles. The van der Waals surface area contributed by atoms with E-state index in [-0.39, 0.29) is 0 Å². The van der Waals surface area contributed by atoms with E-state index in [1.807, 2.05) is 24.3 Å². The van der Waals surface area contributed by atoms with Crippen molar-refractivity contribution in [3.63, 3.8) is 0 Å². The van der Waals surface area contributed by atoms with Crippen LogP contribution in [0.5, 0.6) is 0 Å². The summed E-state index contributed by atoms with van der Waals surface area (Å²) in [5, 5.41) is 12.1. The highest BCUT2D eigenvalue weighted by atomic mass is 14.9. The predicted octanol–water partition coefficient (Wildman–Crippen LogP) is 2.69. The first-order chi connectivity index (χ1) is 6.88. The van der Waals surface area contributed by atoms with Crippen molar-refractivity contribution in [1.29, 1.82) is 5.26 Å². The third-order valence-corrected chi connectivity index (χ3v) is 2.37. The first kappa shape index (κ1) is 8.83. The SMILES string of the molecule is N#Cc1cccc(NC2CC=CC2)c1. The molecule has 0 fully saturated rings. The number of anilines is 1. The normalized spacial score (nSPS) is 15.4. The van der Waals surface area contributed by atoms with Crippen molar-refractivity contribution in [1.82, 2.24) is 0 Å². The minimum atomic E-state index is 0.504. The Hall–Kier alpha value is -1.75. The molecule has 2 heteroatoms. The van der Waals surface area contributed by atoms with Crippen LogP contribution in [0.3, 0.4) is 0 Å². The molecule has 1 N–H and O–H groups in total. The van der Waals surface area contributed by atoms with Gasteiger partial charge in [0.25, 0.3) is 0 Å². The summed E-state index contributed by atoms with van der Waals surface area (Å²) in [6, 6.07) is 10.3. The van der Waals surface area contributed by atoms with Crippen LogP contribution in [0.4, 0.5) is 5.69 Å². The van der Waals surface area contributed by atoms with E-state index in [0.717, 1.165) is 18.5 Å². The number of hydrogen-bond acceptors (Lipinski definition) is 2. The molecule has 0 aromatic heterocycles. The molecular weight excluding hydrogens is 172 g/mol. The number of nitrogens with one attached hydrogen (secondary N) is 1. The van der Waals surface area contributed by atoms with Crippen molar-refractivity contribution in [3.8, 4) is 6.07 Å². The molecule has 0 saturated heterocycles. The van der Waals surface area contributed by atoms with Gasteiger partial charge in [-0.25, -0.2) is 0 Å². The van der Waals surface area contributed by atoms with Crippen LogP contribution in [0, 0.1) is 11.3 Å². The molecule has 0 aliphatic heterocycles. The first-order valence-corrected chi connectivity index (χ1v) is 4.80. The van der Waals surface area contributed by atoms with Crippen molar-refractivity contribution in [2.75, 3.05) is 5.32 Å². The van der Waals surface area contributed by atoms with Crippen LogP contribution in [0.1, 0.15) is 18.4 Å². The van der Waals surface area contributed by atoms with Gasteiger partial charge in [0, 0.05) is 11.7 Å². The van der Waals surface area contributed by atoms with Crippen LogP contribution in [0.25, 0.3) is 0 Å². The van der Waals surface area contributed by atoms with Crippen molar-refractivity contribution >= 4 is 5.69 Å². The molecule has 14 heavy (non-hydrogen) atoms. The molecule has 1 aromatic carbocycles. The zero-order valence-electron chi connectivity index (χ0n) is 7.90. The summed E-state index contributed by atoms with van der Waals surface area (Å²) in [5.41, 5.74) is 1.75. The highest BCUT2D eigenvalue weighted by Crippen LogP contribution is 2.17. The average Bonchev–Trinajstić information content (AvgIpc) is 2.71. The lowest BCUT2D eigenvalue weighted by Crippen LogP contribution is -2.14. The number of nitriles is 1. The van der Waals surface area contributed by atoms with Gasteiger partial charge in [-0.1, -0.05) is 18.2 Å². The predicted molar refractivity (Wildman–Crippen MR) is 56.9 cm³/mol. The van der Waals surface area contributed by atoms with Gasteiger partial charge < -0.3 is 5.32 Å². The minimum absolute atomic E-state index is 0.504. The maximum absolute atomic E-state index is 8.73. The molecule has 0 spiro atoms. The lowest BCUT2D eigenvalue weighted by atomic mass is 10.2. The second-order valence-electron chi connectivity index (χ2n) is 3.48. The maximum atomic E-state index is 8.73. The molecule has 0 heterocycles. The van der Waals surface area contributed by atoms with Gasteiger partial charge in [0.15, 0.2) is 0 Å². The van der Waals surface area contributed by atoms with Crippen molar-refractivity contribution in [2.24, 2.45) is 0 Å². The Bertz CT molecular complexity index is 380. The van der Waals surface area contributed by atoms with Crippen LogP contribution in [0.15, 0.2) is 36.4 Å². The molecule has 0 atom stereocenters. The summed E-state index contributed by atoms with van der Waals surface area (Å²) in [6.07, 6.45) is 6.53. The van der Waals surface area contributed by atoms with Gasteiger partial charge in [-0.15, -0.1) is 0 Å². The Labute approximate surface area is 83.9 Å². The van der Waals surface area contributed by atoms with E-state index in [1.54, 1.807) is 0 Å². The highest BCUT2D eigenvalue weighted by Gasteiger charge is 2.09. The van der Waals surface area contributed by atoms with Crippen LogP contribution in [0.2, 0.25) is 0 Å². The molecule has 0 bridgehead atoms. The lowest BCUT2D eigenvalue weighted by molar-refractivity contribution is 0.787. The second kappa shape index (κ2) is 3.97. The smallest absolute Gasteiger partial charge is 0.0992 e. The van der Waals surface area contributed by atoms with Crippen LogP contribution in [-0.2, 0) is 0 Å². The molecule has 1 aliphatic carbocycles. The van der Waals surface area contributed by atoms with Gasteiger partial charge in [0.05, 0.1) is 11.6 Å². The Kier molecular flexibility index (Phi) is 2.51. The van der Waals surface area contributed by atoms with Crippen LogP contribution in [-0.4, -0.2) is 6.04 Å². The van der Waals surface area contributed by atoms with Gasteiger partial charge >= 0.3 is 0 Å². The van der Waals surface area contributed by atoms with E-state index in [4.69, 9.17) is 5.26 Å². The monoisotopic (exact) mass is 184 g/mol. The molecule has 2 rings (SSSR count). The summed E-state index contributed by atoms with van der Waals surface area (Å²) in [7, 11) is 0. The highest BCUT2D eigenvalue weighted by molar-refractivity contribution is 5.50. The summed E-state index contributed by atoms with van der Waals surface area (Å²) < 4.78 is 0. The number of rotatable bonds is 2. The summed E-state index contributed by atoms with van der Waals surface area (Å²) in [5.74, 6) is 0. The third-order valence-electron chi connectivity index (χ3n) is 2.37.